The van der Waals surface area contributed by atoms with Crippen LogP contribution in [0.5, 0.6) is 0 Å². The van der Waals surface area contributed by atoms with Crippen molar-refractivity contribution in [3.05, 3.63) is 0 Å². The molecule has 0 bridgehead atoms. The van der Waals surface area contributed by atoms with E-state index in [4.69, 9.17) is 18.9 Å². The number of rotatable bonds is 8. The van der Waals surface area contributed by atoms with Crippen LogP contribution in [0.1, 0.15) is 39.5 Å². The maximum Gasteiger partial charge on any atom is 0.159 e. The van der Waals surface area contributed by atoms with Gasteiger partial charge in [-0.25, -0.2) is 0 Å². The molecule has 0 aromatic carbocycles. The molecule has 1 aliphatic heterocycles. The SMILES string of the molecule is CCOC(CCOC1CCCCO1)OCC. The van der Waals surface area contributed by atoms with E-state index in [-0.39, 0.29) is 12.6 Å². The van der Waals surface area contributed by atoms with E-state index in [1.807, 2.05) is 13.8 Å². The minimum Gasteiger partial charge on any atom is -0.353 e. The van der Waals surface area contributed by atoms with Crippen LogP contribution in [0.25, 0.3) is 0 Å². The summed E-state index contributed by atoms with van der Waals surface area (Å²) in [5, 5.41) is 0. The molecule has 1 rings (SSSR count). The Labute approximate surface area is 98.2 Å². The molecule has 16 heavy (non-hydrogen) atoms. The molecule has 0 spiro atoms. The van der Waals surface area contributed by atoms with Gasteiger partial charge >= 0.3 is 0 Å². The zero-order chi connectivity index (χ0) is 11.6. The summed E-state index contributed by atoms with van der Waals surface area (Å²) >= 11 is 0. The van der Waals surface area contributed by atoms with Gasteiger partial charge in [-0.1, -0.05) is 0 Å². The van der Waals surface area contributed by atoms with E-state index in [0.717, 1.165) is 25.9 Å². The lowest BCUT2D eigenvalue weighted by atomic mass is 10.2. The summed E-state index contributed by atoms with van der Waals surface area (Å²) < 4.78 is 22.0. The van der Waals surface area contributed by atoms with Crippen LogP contribution in [0.4, 0.5) is 0 Å². The summed E-state index contributed by atoms with van der Waals surface area (Å²) in [6.07, 6.45) is 3.97. The van der Waals surface area contributed by atoms with Crippen molar-refractivity contribution in [2.75, 3.05) is 26.4 Å². The van der Waals surface area contributed by atoms with Gasteiger partial charge in [0.2, 0.25) is 0 Å². The van der Waals surface area contributed by atoms with Crippen LogP contribution in [0, 0.1) is 0 Å². The lowest BCUT2D eigenvalue weighted by Crippen LogP contribution is -2.25. The van der Waals surface area contributed by atoms with Gasteiger partial charge in [-0.05, 0) is 33.1 Å². The van der Waals surface area contributed by atoms with E-state index >= 15 is 0 Å². The predicted molar refractivity (Wildman–Crippen MR) is 61.2 cm³/mol. The maximum absolute atomic E-state index is 5.62. The standard InChI is InChI=1S/C12H24O4/c1-3-13-12(14-4-2)8-10-16-11-7-5-6-9-15-11/h11-12H,3-10H2,1-2H3. The Balaban J connectivity index is 2.06. The molecule has 1 heterocycles. The lowest BCUT2D eigenvalue weighted by Gasteiger charge is -2.24. The quantitative estimate of drug-likeness (QED) is 0.602. The molecular weight excluding hydrogens is 208 g/mol. The normalized spacial score (nSPS) is 21.6. The van der Waals surface area contributed by atoms with E-state index in [0.29, 0.717) is 19.8 Å². The van der Waals surface area contributed by atoms with Crippen LogP contribution in [0.15, 0.2) is 0 Å². The zero-order valence-corrected chi connectivity index (χ0v) is 10.4. The van der Waals surface area contributed by atoms with Crippen molar-refractivity contribution < 1.29 is 18.9 Å². The summed E-state index contributed by atoms with van der Waals surface area (Å²) in [5.74, 6) is 0. The Kier molecular flexibility index (Phi) is 7.76. The summed E-state index contributed by atoms with van der Waals surface area (Å²) in [6, 6.07) is 0. The first-order valence-corrected chi connectivity index (χ1v) is 6.33. The van der Waals surface area contributed by atoms with E-state index in [2.05, 4.69) is 0 Å². The second-order valence-electron chi connectivity index (χ2n) is 3.80. The fourth-order valence-corrected chi connectivity index (χ4v) is 1.72. The van der Waals surface area contributed by atoms with E-state index < -0.39 is 0 Å². The summed E-state index contributed by atoms with van der Waals surface area (Å²) in [7, 11) is 0. The summed E-state index contributed by atoms with van der Waals surface area (Å²) in [4.78, 5) is 0. The zero-order valence-electron chi connectivity index (χ0n) is 10.4. The molecule has 1 unspecified atom stereocenters. The molecular formula is C12H24O4. The molecule has 4 nitrogen and oxygen atoms in total. The van der Waals surface area contributed by atoms with Crippen molar-refractivity contribution in [1.29, 1.82) is 0 Å². The monoisotopic (exact) mass is 232 g/mol. The highest BCUT2D eigenvalue weighted by Gasteiger charge is 2.15. The fraction of sp³-hybridized carbons (Fsp3) is 1.00. The van der Waals surface area contributed by atoms with Gasteiger partial charge in [0.25, 0.3) is 0 Å². The number of ether oxygens (including phenoxy) is 4. The molecule has 0 aromatic heterocycles. The Morgan fingerprint density at radius 3 is 2.50 bits per heavy atom. The van der Waals surface area contributed by atoms with E-state index in [9.17, 15) is 0 Å². The first kappa shape index (κ1) is 13.9. The highest BCUT2D eigenvalue weighted by molar-refractivity contribution is 4.54. The molecule has 4 heteroatoms. The van der Waals surface area contributed by atoms with Crippen LogP contribution in [-0.2, 0) is 18.9 Å². The minimum absolute atomic E-state index is 0.0161. The lowest BCUT2D eigenvalue weighted by molar-refractivity contribution is -0.186. The van der Waals surface area contributed by atoms with Gasteiger partial charge in [-0.15, -0.1) is 0 Å². The average molecular weight is 232 g/mol. The van der Waals surface area contributed by atoms with Gasteiger partial charge in [0.15, 0.2) is 12.6 Å². The Morgan fingerprint density at radius 1 is 1.19 bits per heavy atom. The van der Waals surface area contributed by atoms with Crippen LogP contribution in [-0.4, -0.2) is 39.0 Å². The van der Waals surface area contributed by atoms with E-state index in [1.54, 1.807) is 0 Å². The van der Waals surface area contributed by atoms with Crippen molar-refractivity contribution in [2.45, 2.75) is 52.1 Å². The van der Waals surface area contributed by atoms with Gasteiger partial charge in [0.05, 0.1) is 6.61 Å². The highest BCUT2D eigenvalue weighted by Crippen LogP contribution is 2.14. The molecule has 96 valence electrons. The number of hydrogen-bond donors (Lipinski definition) is 0. The van der Waals surface area contributed by atoms with E-state index in [1.165, 1.54) is 6.42 Å². The maximum atomic E-state index is 5.62. The largest absolute Gasteiger partial charge is 0.353 e. The van der Waals surface area contributed by atoms with Crippen LogP contribution in [0.2, 0.25) is 0 Å². The van der Waals surface area contributed by atoms with Crippen molar-refractivity contribution in [2.24, 2.45) is 0 Å². The second-order valence-corrected chi connectivity index (χ2v) is 3.80. The molecule has 1 saturated heterocycles. The van der Waals surface area contributed by atoms with Gasteiger partial charge in [0.1, 0.15) is 0 Å². The molecule has 0 N–H and O–H groups in total. The molecule has 0 radical (unpaired) electrons. The Morgan fingerprint density at radius 2 is 1.94 bits per heavy atom. The predicted octanol–water partition coefficient (Wildman–Crippen LogP) is 2.32. The fourth-order valence-electron chi connectivity index (χ4n) is 1.72. The molecule has 0 saturated carbocycles. The topological polar surface area (TPSA) is 36.9 Å². The third kappa shape index (κ3) is 5.80. The van der Waals surface area contributed by atoms with Crippen LogP contribution in [0.3, 0.4) is 0 Å². The Hall–Kier alpha value is -0.160. The van der Waals surface area contributed by atoms with Crippen molar-refractivity contribution in [3.63, 3.8) is 0 Å². The second kappa shape index (κ2) is 8.93. The highest BCUT2D eigenvalue weighted by atomic mass is 16.7. The molecule has 1 aliphatic rings. The van der Waals surface area contributed by atoms with Gasteiger partial charge in [-0.2, -0.15) is 0 Å². The first-order chi connectivity index (χ1) is 7.86. The van der Waals surface area contributed by atoms with Crippen LogP contribution < -0.4 is 0 Å². The minimum atomic E-state index is -0.140. The third-order valence-corrected chi connectivity index (χ3v) is 2.50. The molecule has 1 fully saturated rings. The van der Waals surface area contributed by atoms with Crippen molar-refractivity contribution in [3.8, 4) is 0 Å². The van der Waals surface area contributed by atoms with Crippen molar-refractivity contribution >= 4 is 0 Å². The molecule has 1 atom stereocenters. The van der Waals surface area contributed by atoms with Gasteiger partial charge in [-0.3, -0.25) is 0 Å². The summed E-state index contributed by atoms with van der Waals surface area (Å²) in [5.41, 5.74) is 0. The van der Waals surface area contributed by atoms with Crippen LogP contribution >= 0.6 is 0 Å². The third-order valence-electron chi connectivity index (χ3n) is 2.50. The smallest absolute Gasteiger partial charge is 0.159 e. The van der Waals surface area contributed by atoms with Gasteiger partial charge in [0, 0.05) is 26.2 Å². The Bertz CT molecular complexity index is 151. The number of hydrogen-bond acceptors (Lipinski definition) is 4. The average Bonchev–Trinajstić information content (AvgIpc) is 2.31. The van der Waals surface area contributed by atoms with Crippen molar-refractivity contribution in [1.82, 2.24) is 0 Å². The first-order valence-electron chi connectivity index (χ1n) is 6.33. The molecule has 0 aliphatic carbocycles. The molecule has 0 aromatic rings. The van der Waals surface area contributed by atoms with Gasteiger partial charge < -0.3 is 18.9 Å². The summed E-state index contributed by atoms with van der Waals surface area (Å²) in [6.45, 7) is 6.74. The molecule has 0 amide bonds.